The van der Waals surface area contributed by atoms with Gasteiger partial charge in [0.05, 0.1) is 0 Å². The van der Waals surface area contributed by atoms with Crippen molar-refractivity contribution in [3.63, 3.8) is 0 Å². The Morgan fingerprint density at radius 1 is 0.397 bits per heavy atom. The largest absolute Gasteiger partial charge is 0.450 e. The Morgan fingerprint density at radius 3 is 0.873 bits per heavy atom. The fraction of sp³-hybridized carbons (Fsp3) is 0.759. The van der Waals surface area contributed by atoms with Crippen molar-refractivity contribution in [1.29, 1.82) is 0 Å². The minimum Gasteiger partial charge on any atom is -0.450 e. The Morgan fingerprint density at radius 2 is 0.635 bits per heavy atom. The molecule has 2 aromatic carbocycles. The SMILES string of the molecule is CCCCCCCCCCCCCCCCCC(=S)Oc1cc(C)c(Sc2cc(C(C)(C)C)c(OC(=S)CCCCCCCCCCCCCCCCC)cc2C)cc1C(C)(C)C. The smallest absolute Gasteiger partial charge is 0.167 e. The molecule has 0 fully saturated rings. The van der Waals surface area contributed by atoms with Crippen LogP contribution in [0.4, 0.5) is 0 Å². The standard InChI is InChI=1S/C58H98O2S3/c1-11-13-15-17-19-21-23-25-27-29-31-33-35-37-39-41-55(61)59-51-43-47(3)53(45-49(51)57(5,6)7)63-54-46-50(58(8,9)10)52(44-48(54)4)60-56(62)42-40-38-36-34-32-30-28-26-24-22-20-18-16-14-12-2/h43-46H,11-42H2,1-10H3. The third-order valence-corrected chi connectivity index (χ3v) is 14.7. The van der Waals surface area contributed by atoms with Crippen molar-refractivity contribution >= 4 is 46.3 Å². The van der Waals surface area contributed by atoms with Crippen LogP contribution in [0, 0.1) is 13.8 Å². The van der Waals surface area contributed by atoms with Gasteiger partial charge in [-0.05, 0) is 97.3 Å². The van der Waals surface area contributed by atoms with Gasteiger partial charge >= 0.3 is 0 Å². The highest BCUT2D eigenvalue weighted by Crippen LogP contribution is 2.43. The minimum atomic E-state index is -0.0890. The molecule has 0 radical (unpaired) electrons. The van der Waals surface area contributed by atoms with Crippen molar-refractivity contribution in [3.05, 3.63) is 46.5 Å². The molecule has 0 atom stereocenters. The van der Waals surface area contributed by atoms with E-state index in [1.807, 2.05) is 11.8 Å². The Hall–Kier alpha value is -1.43. The van der Waals surface area contributed by atoms with E-state index in [4.69, 9.17) is 33.9 Å². The molecule has 2 rings (SSSR count). The normalized spacial score (nSPS) is 12.0. The molecule has 0 aliphatic heterocycles. The number of hydrogen-bond donors (Lipinski definition) is 0. The zero-order valence-corrected chi connectivity index (χ0v) is 45.4. The van der Waals surface area contributed by atoms with Gasteiger partial charge in [0.1, 0.15) is 11.5 Å². The number of thiocarbonyl (C=S) groups is 2. The summed E-state index contributed by atoms with van der Waals surface area (Å²) >= 11 is 13.5. The van der Waals surface area contributed by atoms with Gasteiger partial charge in [-0.15, -0.1) is 0 Å². The highest BCUT2D eigenvalue weighted by molar-refractivity contribution is 7.99. The predicted molar refractivity (Wildman–Crippen MR) is 289 cm³/mol. The highest BCUT2D eigenvalue weighted by atomic mass is 32.2. The average Bonchev–Trinajstić information content (AvgIpc) is 3.21. The first kappa shape index (κ1) is 57.7. The van der Waals surface area contributed by atoms with Crippen molar-refractivity contribution < 1.29 is 9.47 Å². The minimum absolute atomic E-state index is 0.0890. The Labute approximate surface area is 406 Å². The maximum atomic E-state index is 6.49. The van der Waals surface area contributed by atoms with Crippen LogP contribution in [0.1, 0.15) is 283 Å². The van der Waals surface area contributed by atoms with Crippen LogP contribution in [0.3, 0.4) is 0 Å². The van der Waals surface area contributed by atoms with Gasteiger partial charge in [-0.1, -0.05) is 247 Å². The molecule has 0 heterocycles. The first-order chi connectivity index (χ1) is 30.2. The van der Waals surface area contributed by atoms with Crippen molar-refractivity contribution in [2.75, 3.05) is 0 Å². The van der Waals surface area contributed by atoms with Crippen molar-refractivity contribution in [1.82, 2.24) is 0 Å². The maximum absolute atomic E-state index is 6.49. The van der Waals surface area contributed by atoms with E-state index in [0.717, 1.165) is 37.2 Å². The lowest BCUT2D eigenvalue weighted by Crippen LogP contribution is -2.16. The molecular weight excluding hydrogens is 825 g/mol. The summed E-state index contributed by atoms with van der Waals surface area (Å²) in [5.74, 6) is 1.82. The first-order valence-electron chi connectivity index (χ1n) is 26.6. The average molecular weight is 924 g/mol. The number of unbranched alkanes of at least 4 members (excludes halogenated alkanes) is 28. The number of ether oxygens (including phenoxy) is 2. The number of hydrogen-bond acceptors (Lipinski definition) is 5. The second-order valence-corrected chi connectivity index (χ2v) is 23.2. The van der Waals surface area contributed by atoms with E-state index in [1.54, 1.807) is 0 Å². The fourth-order valence-corrected chi connectivity index (χ4v) is 10.1. The summed E-state index contributed by atoms with van der Waals surface area (Å²) in [5, 5.41) is 1.43. The number of benzene rings is 2. The van der Waals surface area contributed by atoms with Gasteiger partial charge < -0.3 is 9.47 Å². The highest BCUT2D eigenvalue weighted by Gasteiger charge is 2.25. The zero-order valence-electron chi connectivity index (χ0n) is 43.0. The lowest BCUT2D eigenvalue weighted by atomic mass is 9.85. The van der Waals surface area contributed by atoms with E-state index in [-0.39, 0.29) is 10.8 Å². The predicted octanol–water partition coefficient (Wildman–Crippen LogP) is 21.0. The van der Waals surface area contributed by atoms with E-state index in [2.05, 4.69) is 93.5 Å². The molecule has 0 N–H and O–H groups in total. The van der Waals surface area contributed by atoms with Gasteiger partial charge in [0, 0.05) is 33.8 Å². The number of rotatable bonds is 36. The fourth-order valence-electron chi connectivity index (χ4n) is 8.63. The Kier molecular flexibility index (Phi) is 31.1. The molecule has 360 valence electrons. The molecule has 0 saturated carbocycles. The van der Waals surface area contributed by atoms with Crippen molar-refractivity contribution in [2.24, 2.45) is 0 Å². The lowest BCUT2D eigenvalue weighted by Gasteiger charge is -2.26. The summed E-state index contributed by atoms with van der Waals surface area (Å²) in [4.78, 5) is 2.50. The maximum Gasteiger partial charge on any atom is 0.167 e. The van der Waals surface area contributed by atoms with Gasteiger partial charge in [0.25, 0.3) is 0 Å². The van der Waals surface area contributed by atoms with Gasteiger partial charge in [0.2, 0.25) is 0 Å². The van der Waals surface area contributed by atoms with Crippen LogP contribution < -0.4 is 9.47 Å². The summed E-state index contributed by atoms with van der Waals surface area (Å²) in [7, 11) is 0. The van der Waals surface area contributed by atoms with E-state index in [0.29, 0.717) is 10.1 Å². The number of aryl methyl sites for hydroxylation is 2. The van der Waals surface area contributed by atoms with Gasteiger partial charge in [-0.2, -0.15) is 0 Å². The van der Waals surface area contributed by atoms with Crippen LogP contribution in [0.5, 0.6) is 11.5 Å². The molecule has 0 spiro atoms. The van der Waals surface area contributed by atoms with Crippen LogP contribution in [-0.4, -0.2) is 10.1 Å². The third kappa shape index (κ3) is 26.5. The van der Waals surface area contributed by atoms with E-state index in [9.17, 15) is 0 Å². The second kappa shape index (κ2) is 33.9. The summed E-state index contributed by atoms with van der Waals surface area (Å²) in [6, 6.07) is 9.13. The zero-order chi connectivity index (χ0) is 46.4. The topological polar surface area (TPSA) is 18.5 Å². The molecule has 5 heteroatoms. The van der Waals surface area contributed by atoms with Crippen LogP contribution in [0.2, 0.25) is 0 Å². The molecule has 0 aliphatic rings. The summed E-state index contributed by atoms with van der Waals surface area (Å²) < 4.78 is 13.0. The van der Waals surface area contributed by atoms with Gasteiger partial charge in [-0.3, -0.25) is 0 Å². The monoisotopic (exact) mass is 923 g/mol. The van der Waals surface area contributed by atoms with Crippen molar-refractivity contribution in [3.8, 4) is 11.5 Å². The molecule has 2 nitrogen and oxygen atoms in total. The van der Waals surface area contributed by atoms with Gasteiger partial charge in [0.15, 0.2) is 10.1 Å². The van der Waals surface area contributed by atoms with Gasteiger partial charge in [-0.25, -0.2) is 0 Å². The van der Waals surface area contributed by atoms with Crippen LogP contribution in [0.25, 0.3) is 0 Å². The van der Waals surface area contributed by atoms with Crippen molar-refractivity contribution in [2.45, 2.75) is 295 Å². The van der Waals surface area contributed by atoms with Crippen LogP contribution in [-0.2, 0) is 10.8 Å². The quantitative estimate of drug-likeness (QED) is 0.0499. The van der Waals surface area contributed by atoms with E-state index < -0.39 is 0 Å². The molecule has 0 unspecified atom stereocenters. The molecule has 0 aliphatic carbocycles. The molecule has 0 bridgehead atoms. The lowest BCUT2D eigenvalue weighted by molar-refractivity contribution is 0.493. The Bertz CT molecular complexity index is 1420. The third-order valence-electron chi connectivity index (χ3n) is 12.8. The van der Waals surface area contributed by atoms with E-state index >= 15 is 0 Å². The van der Waals surface area contributed by atoms with Crippen LogP contribution in [0.15, 0.2) is 34.1 Å². The first-order valence-corrected chi connectivity index (χ1v) is 28.2. The molecule has 0 amide bonds. The molecular formula is C58H98O2S3. The molecule has 0 saturated heterocycles. The van der Waals surface area contributed by atoms with E-state index in [1.165, 1.54) is 212 Å². The van der Waals surface area contributed by atoms with Crippen LogP contribution >= 0.6 is 36.2 Å². The molecule has 2 aromatic rings. The summed E-state index contributed by atoms with van der Waals surface area (Å²) in [5.41, 5.74) is 4.64. The second-order valence-electron chi connectivity index (χ2n) is 21.2. The molecule has 63 heavy (non-hydrogen) atoms. The Balaban J connectivity index is 1.84. The summed E-state index contributed by atoms with van der Waals surface area (Å²) in [6.45, 7) is 22.6. The summed E-state index contributed by atoms with van der Waals surface area (Å²) in [6.07, 6.45) is 42.7. The molecule has 0 aromatic heterocycles.